The molecule has 1 N–H and O–H groups in total. The van der Waals surface area contributed by atoms with Crippen molar-refractivity contribution in [2.75, 3.05) is 24.7 Å². The molecule has 0 aliphatic heterocycles. The number of ether oxygens (including phenoxy) is 2. The summed E-state index contributed by atoms with van der Waals surface area (Å²) in [5.74, 6) is -9.99. The molecule has 1 rings (SSSR count). The van der Waals surface area contributed by atoms with Crippen LogP contribution in [0.1, 0.15) is 13.8 Å². The third-order valence-electron chi connectivity index (χ3n) is 2.47. The van der Waals surface area contributed by atoms with Crippen molar-refractivity contribution < 1.29 is 35.9 Å². The van der Waals surface area contributed by atoms with E-state index < -0.39 is 51.0 Å². The van der Waals surface area contributed by atoms with Crippen molar-refractivity contribution in [2.24, 2.45) is 0 Å². The summed E-state index contributed by atoms with van der Waals surface area (Å²) in [5.41, 5.74) is -1.07. The summed E-state index contributed by atoms with van der Waals surface area (Å²) in [6, 6.07) is 0. The van der Waals surface area contributed by atoms with Gasteiger partial charge in [-0.2, -0.15) is 0 Å². The fourth-order valence-corrected chi connectivity index (χ4v) is 2.36. The molecule has 10 heteroatoms. The third-order valence-corrected chi connectivity index (χ3v) is 3.44. The molecule has 0 heterocycles. The van der Waals surface area contributed by atoms with E-state index >= 15 is 0 Å². The fourth-order valence-electron chi connectivity index (χ4n) is 1.51. The molecule has 0 unspecified atom stereocenters. The third kappa shape index (κ3) is 4.63. The first-order chi connectivity index (χ1) is 10.4. The largest absolute Gasteiger partial charge is 0.381 e. The van der Waals surface area contributed by atoms with Crippen LogP contribution in [0.3, 0.4) is 0 Å². The molecule has 0 aromatic heterocycles. The van der Waals surface area contributed by atoms with Crippen LogP contribution in [0.15, 0.2) is 0 Å². The van der Waals surface area contributed by atoms with Gasteiger partial charge in [-0.3, -0.25) is 0 Å². The summed E-state index contributed by atoms with van der Waals surface area (Å²) in [5, 5.41) is 2.16. The van der Waals surface area contributed by atoms with E-state index in [0.29, 0.717) is 13.2 Å². The van der Waals surface area contributed by atoms with E-state index in [1.165, 1.54) is 0 Å². The first kappa shape index (κ1) is 18.8. The van der Waals surface area contributed by atoms with Crippen molar-refractivity contribution in [3.63, 3.8) is 0 Å². The minimum atomic E-state index is -2.19. The minimum Gasteiger partial charge on any atom is -0.381 e. The summed E-state index contributed by atoms with van der Waals surface area (Å²) in [6.07, 6.45) is -0.0744. The lowest BCUT2D eigenvalue weighted by Gasteiger charge is -2.18. The highest BCUT2D eigenvalue weighted by Crippen LogP contribution is 2.26. The molecule has 1 aromatic rings. The average Bonchev–Trinajstić information content (AvgIpc) is 2.50. The molecule has 126 valence electrons. The highest BCUT2D eigenvalue weighted by atomic mass is 28.2. The summed E-state index contributed by atoms with van der Waals surface area (Å²) >= 11 is 0. The van der Waals surface area contributed by atoms with Crippen molar-refractivity contribution in [1.29, 1.82) is 0 Å². The molecule has 0 aliphatic rings. The van der Waals surface area contributed by atoms with Crippen LogP contribution in [0.2, 0.25) is 0 Å². The zero-order chi connectivity index (χ0) is 16.7. The summed E-state index contributed by atoms with van der Waals surface area (Å²) in [4.78, 5) is 0. The molecule has 4 nitrogen and oxygen atoms in total. The van der Waals surface area contributed by atoms with Crippen molar-refractivity contribution in [1.82, 2.24) is 0 Å². The van der Waals surface area contributed by atoms with E-state index in [-0.39, 0.29) is 6.17 Å². The van der Waals surface area contributed by atoms with Crippen molar-refractivity contribution >= 4 is 15.5 Å². The molecular formula is C12H16F5NO3Si. The van der Waals surface area contributed by atoms with E-state index in [1.54, 1.807) is 13.8 Å². The van der Waals surface area contributed by atoms with Gasteiger partial charge in [0.05, 0.1) is 0 Å². The number of hydrogen-bond acceptors (Lipinski definition) is 4. The Bertz CT molecular complexity index is 471. The first-order valence-corrected chi connectivity index (χ1v) is 8.11. The predicted octanol–water partition coefficient (Wildman–Crippen LogP) is 2.21. The Labute approximate surface area is 126 Å². The SMILES string of the molecule is CCOC(OCC)O[SiH2]CNc1c(F)c(F)c(F)c(F)c1F. The molecule has 0 atom stereocenters. The number of rotatable bonds is 9. The highest BCUT2D eigenvalue weighted by molar-refractivity contribution is 6.28. The van der Waals surface area contributed by atoms with Gasteiger partial charge in [0.1, 0.15) is 5.69 Å². The zero-order valence-corrected chi connectivity index (χ0v) is 13.4. The second-order valence-corrected chi connectivity index (χ2v) is 5.18. The van der Waals surface area contributed by atoms with Gasteiger partial charge in [0.25, 0.3) is 6.48 Å². The maximum absolute atomic E-state index is 13.4. The molecule has 0 amide bonds. The zero-order valence-electron chi connectivity index (χ0n) is 12.0. The second-order valence-electron chi connectivity index (χ2n) is 3.94. The van der Waals surface area contributed by atoms with E-state index in [4.69, 9.17) is 13.9 Å². The quantitative estimate of drug-likeness (QED) is 0.186. The van der Waals surface area contributed by atoms with Gasteiger partial charge in [-0.1, -0.05) is 0 Å². The maximum Gasteiger partial charge on any atom is 0.261 e. The standard InChI is InChI=1S/C12H16F5NO3Si/c1-3-19-12(20-4-2)21-22-5-18-11-9(16)7(14)6(13)8(15)10(11)17/h12,18H,3-5,22H2,1-2H3. The lowest BCUT2D eigenvalue weighted by molar-refractivity contribution is -0.243. The van der Waals surface area contributed by atoms with Crippen molar-refractivity contribution in [3.05, 3.63) is 29.1 Å². The van der Waals surface area contributed by atoms with Crippen molar-refractivity contribution in [3.8, 4) is 0 Å². The van der Waals surface area contributed by atoms with Gasteiger partial charge in [0.15, 0.2) is 33.0 Å². The van der Waals surface area contributed by atoms with Gasteiger partial charge >= 0.3 is 0 Å². The van der Waals surface area contributed by atoms with Crippen LogP contribution in [0.5, 0.6) is 0 Å². The molecule has 0 saturated heterocycles. The lowest BCUT2D eigenvalue weighted by atomic mass is 10.2. The topological polar surface area (TPSA) is 39.7 Å². The Balaban J connectivity index is 2.62. The van der Waals surface area contributed by atoms with Crippen LogP contribution >= 0.6 is 0 Å². The molecule has 0 spiro atoms. The van der Waals surface area contributed by atoms with Crippen LogP contribution in [-0.2, 0) is 13.9 Å². The number of halogens is 5. The van der Waals surface area contributed by atoms with Crippen LogP contribution in [0.25, 0.3) is 0 Å². The highest BCUT2D eigenvalue weighted by Gasteiger charge is 2.25. The molecule has 0 radical (unpaired) electrons. The Hall–Kier alpha value is -1.23. The van der Waals surface area contributed by atoms with E-state index in [0.717, 1.165) is 0 Å². The van der Waals surface area contributed by atoms with Crippen LogP contribution < -0.4 is 5.32 Å². The van der Waals surface area contributed by atoms with E-state index in [1.807, 2.05) is 0 Å². The number of hydrogen-bond donors (Lipinski definition) is 1. The summed E-state index contributed by atoms with van der Waals surface area (Å²) in [7, 11) is -1.42. The van der Waals surface area contributed by atoms with Crippen LogP contribution in [0.4, 0.5) is 27.6 Å². The van der Waals surface area contributed by atoms with E-state index in [2.05, 4.69) is 5.32 Å². The number of nitrogens with one attached hydrogen (secondary N) is 1. The van der Waals surface area contributed by atoms with Gasteiger partial charge in [0, 0.05) is 19.4 Å². The molecule has 1 aromatic carbocycles. The second kappa shape index (κ2) is 9.03. The molecule has 22 heavy (non-hydrogen) atoms. The monoisotopic (exact) mass is 345 g/mol. The lowest BCUT2D eigenvalue weighted by Crippen LogP contribution is -2.26. The molecular weight excluding hydrogens is 329 g/mol. The fraction of sp³-hybridized carbons (Fsp3) is 0.500. The Morgan fingerprint density at radius 2 is 1.32 bits per heavy atom. The first-order valence-electron chi connectivity index (χ1n) is 6.54. The summed E-state index contributed by atoms with van der Waals surface area (Å²) < 4.78 is 81.0. The van der Waals surface area contributed by atoms with Gasteiger partial charge in [-0.05, 0) is 13.8 Å². The maximum atomic E-state index is 13.4. The predicted molar refractivity (Wildman–Crippen MR) is 71.4 cm³/mol. The molecule has 0 fully saturated rings. The molecule has 0 bridgehead atoms. The van der Waals surface area contributed by atoms with Crippen molar-refractivity contribution in [2.45, 2.75) is 20.3 Å². The number of anilines is 1. The van der Waals surface area contributed by atoms with Gasteiger partial charge in [-0.15, -0.1) is 0 Å². The Kier molecular flexibility index (Phi) is 7.72. The van der Waals surface area contributed by atoms with Gasteiger partial charge in [-0.25, -0.2) is 22.0 Å². The number of benzene rings is 1. The smallest absolute Gasteiger partial charge is 0.261 e. The Morgan fingerprint density at radius 1 is 0.864 bits per heavy atom. The molecule has 0 aliphatic carbocycles. The summed E-state index contributed by atoms with van der Waals surface area (Å²) in [6.45, 7) is 3.22. The van der Waals surface area contributed by atoms with Crippen LogP contribution in [-0.4, -0.2) is 35.6 Å². The average molecular weight is 345 g/mol. The minimum absolute atomic E-state index is 0.0744. The van der Waals surface area contributed by atoms with Gasteiger partial charge in [0.2, 0.25) is 5.82 Å². The van der Waals surface area contributed by atoms with E-state index in [9.17, 15) is 22.0 Å². The molecule has 0 saturated carbocycles. The van der Waals surface area contributed by atoms with Crippen LogP contribution in [0, 0.1) is 29.1 Å². The van der Waals surface area contributed by atoms with Gasteiger partial charge < -0.3 is 19.2 Å². The Morgan fingerprint density at radius 3 is 1.77 bits per heavy atom. The normalized spacial score (nSPS) is 11.8.